The van der Waals surface area contributed by atoms with Gasteiger partial charge in [-0.05, 0) is 0 Å². The third-order valence-corrected chi connectivity index (χ3v) is 2.25. The lowest BCUT2D eigenvalue weighted by molar-refractivity contribution is 1.43. The zero-order valence-electron chi connectivity index (χ0n) is 5.00. The molecule has 0 aromatic heterocycles. The van der Waals surface area contributed by atoms with Gasteiger partial charge in [0.1, 0.15) is 8.24 Å². The molecule has 0 radical (unpaired) electrons. The maximum Gasteiger partial charge on any atom is 0.174 e. The topological polar surface area (TPSA) is 12.0 Å². The van der Waals surface area contributed by atoms with Gasteiger partial charge in [0, 0.05) is 0 Å². The monoisotopic (exact) mass is 101 g/mol. The molecule has 0 unspecified atom stereocenters. The molecule has 0 saturated heterocycles. The first-order valence-electron chi connectivity index (χ1n) is 2.25. The predicted octanol–water partition coefficient (Wildman–Crippen LogP) is -0.0410. The number of hydrogen-bond acceptors (Lipinski definition) is 1. The summed E-state index contributed by atoms with van der Waals surface area (Å²) in [6, 6.07) is 0. The van der Waals surface area contributed by atoms with Crippen molar-refractivity contribution in [2.45, 2.75) is 19.6 Å². The Balaban J connectivity index is 3.17. The molecule has 0 bridgehead atoms. The van der Waals surface area contributed by atoms with Gasteiger partial charge in [-0.2, -0.15) is 0 Å². The summed E-state index contributed by atoms with van der Waals surface area (Å²) in [5.41, 5.74) is 0. The minimum absolute atomic E-state index is 0.881. The maximum atomic E-state index is 3.24. The van der Waals surface area contributed by atoms with Gasteiger partial charge in [0.15, 0.2) is 7.98 Å². The van der Waals surface area contributed by atoms with E-state index in [9.17, 15) is 0 Å². The highest BCUT2D eigenvalue weighted by molar-refractivity contribution is 6.77. The molecular formula is C3H12BNSi. The van der Waals surface area contributed by atoms with E-state index in [4.69, 9.17) is 0 Å². The summed E-state index contributed by atoms with van der Waals surface area (Å²) in [6.07, 6.45) is 0. The van der Waals surface area contributed by atoms with Crippen molar-refractivity contribution in [3.63, 3.8) is 0 Å². The summed E-state index contributed by atoms with van der Waals surface area (Å²) in [4.78, 5) is 3.24. The Labute approximate surface area is 41.7 Å². The molecule has 0 aliphatic carbocycles. The summed E-state index contributed by atoms with van der Waals surface area (Å²) in [5.74, 6) is 0. The maximum absolute atomic E-state index is 3.24. The van der Waals surface area contributed by atoms with E-state index in [-0.39, 0.29) is 0 Å². The first-order chi connectivity index (χ1) is 2.56. The van der Waals surface area contributed by atoms with Crippen molar-refractivity contribution in [1.29, 1.82) is 0 Å². The molecule has 0 aliphatic heterocycles. The average Bonchev–Trinajstić information content (AvgIpc) is 1.35. The molecule has 0 saturated carbocycles. The van der Waals surface area contributed by atoms with Crippen LogP contribution in [0.15, 0.2) is 0 Å². The molecule has 36 valence electrons. The fraction of sp³-hybridized carbons (Fsp3) is 1.00. The van der Waals surface area contributed by atoms with Gasteiger partial charge in [-0.1, -0.05) is 19.6 Å². The normalized spacial score (nSPS) is 11.8. The van der Waals surface area contributed by atoms with E-state index in [1.807, 2.05) is 7.98 Å². The van der Waals surface area contributed by atoms with Crippen molar-refractivity contribution in [2.24, 2.45) is 0 Å². The minimum Gasteiger partial charge on any atom is -0.385 e. The average molecular weight is 101 g/mol. The molecular weight excluding hydrogens is 88.9 g/mol. The second kappa shape index (κ2) is 1.80. The first-order valence-corrected chi connectivity index (χ1v) is 5.75. The van der Waals surface area contributed by atoms with E-state index < -0.39 is 8.24 Å². The van der Waals surface area contributed by atoms with Crippen molar-refractivity contribution in [2.75, 3.05) is 0 Å². The molecule has 1 nitrogen and oxygen atoms in total. The Hall–Kier alpha value is 0.242. The second-order valence-corrected chi connectivity index (χ2v) is 7.50. The Kier molecular flexibility index (Phi) is 1.87. The van der Waals surface area contributed by atoms with E-state index >= 15 is 0 Å². The van der Waals surface area contributed by atoms with Gasteiger partial charge in [0.2, 0.25) is 0 Å². The third-order valence-electron chi connectivity index (χ3n) is 0.750. The molecule has 0 aromatic rings. The van der Waals surface area contributed by atoms with E-state index in [0.29, 0.717) is 0 Å². The fourth-order valence-corrected chi connectivity index (χ4v) is 0. The summed E-state index contributed by atoms with van der Waals surface area (Å²) < 4.78 is 0. The Morgan fingerprint density at radius 1 is 1.33 bits per heavy atom. The number of nitrogens with one attached hydrogen (secondary N) is 1. The SMILES string of the molecule is BN[Si](C)(C)C. The van der Waals surface area contributed by atoms with Crippen LogP contribution in [0.25, 0.3) is 0 Å². The van der Waals surface area contributed by atoms with Crippen molar-refractivity contribution >= 4 is 16.2 Å². The van der Waals surface area contributed by atoms with Crippen LogP contribution < -0.4 is 4.89 Å². The Morgan fingerprint density at radius 2 is 1.50 bits per heavy atom. The molecule has 0 spiro atoms. The summed E-state index contributed by atoms with van der Waals surface area (Å²) >= 11 is 0. The standard InChI is InChI=1S/C3H12BNSi/c1-6(2,3)5-4/h5H,4H2,1-3H3. The summed E-state index contributed by atoms with van der Waals surface area (Å²) in [7, 11) is 1.14. The lowest BCUT2D eigenvalue weighted by Gasteiger charge is -2.12. The zero-order chi connectivity index (χ0) is 5.21. The Morgan fingerprint density at radius 3 is 1.50 bits per heavy atom. The van der Waals surface area contributed by atoms with Gasteiger partial charge in [0.25, 0.3) is 0 Å². The van der Waals surface area contributed by atoms with Crippen molar-refractivity contribution in [3.05, 3.63) is 0 Å². The lowest BCUT2D eigenvalue weighted by atomic mass is 10.5. The van der Waals surface area contributed by atoms with E-state index in [0.717, 1.165) is 0 Å². The highest BCUT2D eigenvalue weighted by atomic mass is 28.3. The molecule has 6 heavy (non-hydrogen) atoms. The van der Waals surface area contributed by atoms with E-state index in [2.05, 4.69) is 24.5 Å². The van der Waals surface area contributed by atoms with Gasteiger partial charge >= 0.3 is 0 Å². The molecule has 0 aromatic carbocycles. The first kappa shape index (κ1) is 6.24. The van der Waals surface area contributed by atoms with Crippen molar-refractivity contribution < 1.29 is 0 Å². The third kappa shape index (κ3) is 4.24. The second-order valence-electron chi connectivity index (χ2n) is 2.50. The van der Waals surface area contributed by atoms with Crippen LogP contribution in [0.5, 0.6) is 0 Å². The van der Waals surface area contributed by atoms with Crippen LogP contribution in [0.4, 0.5) is 0 Å². The predicted molar refractivity (Wildman–Crippen MR) is 35.0 cm³/mol. The Bertz CT molecular complexity index is 40.5. The van der Waals surface area contributed by atoms with Crippen LogP contribution in [-0.4, -0.2) is 16.2 Å². The highest BCUT2D eigenvalue weighted by Crippen LogP contribution is 1.88. The van der Waals surface area contributed by atoms with Crippen LogP contribution in [0.3, 0.4) is 0 Å². The van der Waals surface area contributed by atoms with Crippen LogP contribution >= 0.6 is 0 Å². The molecule has 3 heteroatoms. The van der Waals surface area contributed by atoms with Crippen LogP contribution in [-0.2, 0) is 0 Å². The molecule has 1 N–H and O–H groups in total. The van der Waals surface area contributed by atoms with Gasteiger partial charge in [-0.15, -0.1) is 0 Å². The van der Waals surface area contributed by atoms with Gasteiger partial charge in [0.05, 0.1) is 0 Å². The van der Waals surface area contributed by atoms with Crippen LogP contribution in [0.1, 0.15) is 0 Å². The zero-order valence-corrected chi connectivity index (χ0v) is 6.00. The summed E-state index contributed by atoms with van der Waals surface area (Å²) in [5, 5.41) is 0. The van der Waals surface area contributed by atoms with Crippen molar-refractivity contribution in [3.8, 4) is 0 Å². The molecule has 0 atom stereocenters. The molecule has 0 aliphatic rings. The van der Waals surface area contributed by atoms with E-state index in [1.165, 1.54) is 0 Å². The van der Waals surface area contributed by atoms with Gasteiger partial charge in [-0.25, -0.2) is 0 Å². The molecule has 0 heterocycles. The minimum atomic E-state index is -0.881. The number of hydrogen-bond donors (Lipinski definition) is 1. The van der Waals surface area contributed by atoms with Crippen molar-refractivity contribution in [1.82, 2.24) is 4.89 Å². The smallest absolute Gasteiger partial charge is 0.174 e. The molecule has 0 rings (SSSR count). The largest absolute Gasteiger partial charge is 0.385 e. The highest BCUT2D eigenvalue weighted by Gasteiger charge is 2.05. The quantitative estimate of drug-likeness (QED) is 0.457. The van der Waals surface area contributed by atoms with Gasteiger partial charge in [-0.3, -0.25) is 0 Å². The lowest BCUT2D eigenvalue weighted by Crippen LogP contribution is -2.38. The fourth-order valence-electron chi connectivity index (χ4n) is 0. The van der Waals surface area contributed by atoms with Crippen LogP contribution in [0, 0.1) is 0 Å². The van der Waals surface area contributed by atoms with Crippen LogP contribution in [0.2, 0.25) is 19.6 Å². The number of rotatable bonds is 1. The van der Waals surface area contributed by atoms with E-state index in [1.54, 1.807) is 0 Å². The molecule has 0 amide bonds. The summed E-state index contributed by atoms with van der Waals surface area (Å²) in [6.45, 7) is 6.81. The molecule has 0 fully saturated rings. The van der Waals surface area contributed by atoms with Gasteiger partial charge < -0.3 is 4.89 Å².